The summed E-state index contributed by atoms with van der Waals surface area (Å²) in [6, 6.07) is 23.0. The van der Waals surface area contributed by atoms with Crippen LogP contribution in [0.2, 0.25) is 0 Å². The zero-order valence-electron chi connectivity index (χ0n) is 31.2. The van der Waals surface area contributed by atoms with Crippen molar-refractivity contribution in [2.45, 2.75) is 142 Å². The van der Waals surface area contributed by atoms with Crippen molar-refractivity contribution in [3.63, 3.8) is 0 Å². The molecule has 50 heavy (non-hydrogen) atoms. The lowest BCUT2D eigenvalue weighted by atomic mass is 10.1. The highest BCUT2D eigenvalue weighted by molar-refractivity contribution is 5.53. The van der Waals surface area contributed by atoms with Gasteiger partial charge in [-0.15, -0.1) is 0 Å². The quantitative estimate of drug-likeness (QED) is 0.0411. The molecule has 4 heteroatoms. The number of nitrogens with zero attached hydrogens (tertiary/aromatic N) is 2. The van der Waals surface area contributed by atoms with Crippen LogP contribution in [0.1, 0.15) is 165 Å². The summed E-state index contributed by atoms with van der Waals surface area (Å²) in [5, 5.41) is 10.9. The number of nitro groups is 1. The molecule has 3 aromatic rings. The molecule has 0 N–H and O–H groups in total. The summed E-state index contributed by atoms with van der Waals surface area (Å²) < 4.78 is 0. The SMILES string of the molecule is CCCCCCCCCCCCN(CCCCCCCCCCCC)c1ccc(C#Cc2ccc(C#Cc3ccc([N+](=O)[O-])cc3)cc2)cc1. The van der Waals surface area contributed by atoms with Gasteiger partial charge in [-0.05, 0) is 73.5 Å². The van der Waals surface area contributed by atoms with Crippen molar-refractivity contribution in [2.24, 2.45) is 0 Å². The highest BCUT2D eigenvalue weighted by atomic mass is 16.6. The van der Waals surface area contributed by atoms with Crippen LogP contribution in [0.25, 0.3) is 0 Å². The van der Waals surface area contributed by atoms with Crippen LogP contribution in [0.4, 0.5) is 11.4 Å². The average molecular weight is 675 g/mol. The number of nitro benzene ring substituents is 1. The molecular formula is C46H62N2O2. The third-order valence-corrected chi connectivity index (χ3v) is 9.46. The van der Waals surface area contributed by atoms with E-state index in [-0.39, 0.29) is 5.69 Å². The number of non-ortho nitro benzene ring substituents is 1. The molecule has 0 aliphatic heterocycles. The van der Waals surface area contributed by atoms with E-state index in [0.29, 0.717) is 0 Å². The Kier molecular flexibility index (Phi) is 20.9. The van der Waals surface area contributed by atoms with E-state index in [1.807, 2.05) is 24.3 Å². The normalized spacial score (nSPS) is 10.6. The maximum Gasteiger partial charge on any atom is 0.269 e. The van der Waals surface area contributed by atoms with Gasteiger partial charge in [0.05, 0.1) is 4.92 Å². The van der Waals surface area contributed by atoms with Crippen molar-refractivity contribution in [1.29, 1.82) is 0 Å². The van der Waals surface area contributed by atoms with E-state index in [9.17, 15) is 10.1 Å². The van der Waals surface area contributed by atoms with Gasteiger partial charge in [0.25, 0.3) is 5.69 Å². The lowest BCUT2D eigenvalue weighted by Crippen LogP contribution is -2.25. The summed E-state index contributed by atoms with van der Waals surface area (Å²) in [4.78, 5) is 13.1. The topological polar surface area (TPSA) is 46.4 Å². The Balaban J connectivity index is 1.49. The Hall–Kier alpha value is -4.02. The molecule has 3 aromatic carbocycles. The Bertz CT molecular complexity index is 1430. The predicted molar refractivity (Wildman–Crippen MR) is 214 cm³/mol. The third kappa shape index (κ3) is 17.6. The van der Waals surface area contributed by atoms with Gasteiger partial charge in [0.2, 0.25) is 0 Å². The van der Waals surface area contributed by atoms with E-state index in [0.717, 1.165) is 35.3 Å². The van der Waals surface area contributed by atoms with E-state index in [1.54, 1.807) is 12.1 Å². The number of rotatable bonds is 24. The second-order valence-electron chi connectivity index (χ2n) is 13.8. The van der Waals surface area contributed by atoms with Crippen LogP contribution in [-0.4, -0.2) is 18.0 Å². The van der Waals surface area contributed by atoms with Crippen LogP contribution >= 0.6 is 0 Å². The molecule has 0 bridgehead atoms. The van der Waals surface area contributed by atoms with Gasteiger partial charge >= 0.3 is 0 Å². The lowest BCUT2D eigenvalue weighted by Gasteiger charge is -2.25. The highest BCUT2D eigenvalue weighted by Gasteiger charge is 2.07. The van der Waals surface area contributed by atoms with Gasteiger partial charge < -0.3 is 4.90 Å². The van der Waals surface area contributed by atoms with Gasteiger partial charge in [-0.25, -0.2) is 0 Å². The molecule has 0 radical (unpaired) electrons. The minimum atomic E-state index is -0.403. The third-order valence-electron chi connectivity index (χ3n) is 9.46. The molecule has 0 aliphatic carbocycles. The molecule has 4 nitrogen and oxygen atoms in total. The zero-order chi connectivity index (χ0) is 35.5. The number of hydrogen-bond donors (Lipinski definition) is 0. The van der Waals surface area contributed by atoms with Crippen LogP contribution in [0.5, 0.6) is 0 Å². The van der Waals surface area contributed by atoms with Crippen LogP contribution in [0.3, 0.4) is 0 Å². The summed E-state index contributed by atoms with van der Waals surface area (Å²) >= 11 is 0. The van der Waals surface area contributed by atoms with E-state index >= 15 is 0 Å². The lowest BCUT2D eigenvalue weighted by molar-refractivity contribution is -0.384. The summed E-state index contributed by atoms with van der Waals surface area (Å²) in [7, 11) is 0. The molecule has 0 unspecified atom stereocenters. The molecule has 268 valence electrons. The van der Waals surface area contributed by atoms with Crippen LogP contribution in [-0.2, 0) is 0 Å². The Morgan fingerprint density at radius 2 is 0.720 bits per heavy atom. The molecule has 0 atom stereocenters. The molecule has 0 aliphatic rings. The second-order valence-corrected chi connectivity index (χ2v) is 13.8. The van der Waals surface area contributed by atoms with Crippen molar-refractivity contribution in [2.75, 3.05) is 18.0 Å². The molecule has 3 rings (SSSR count). The fourth-order valence-corrected chi connectivity index (χ4v) is 6.30. The first-order valence-electron chi connectivity index (χ1n) is 19.8. The fraction of sp³-hybridized carbons (Fsp3) is 0.522. The van der Waals surface area contributed by atoms with Crippen LogP contribution in [0, 0.1) is 33.8 Å². The standard InChI is InChI=1S/C46H62N2O2/c1-3-5-7-9-11-13-15-17-19-21-39-47(40-22-20-18-16-14-12-10-8-6-4-2)45-35-31-43(32-36-45)29-27-41-23-25-42(26-24-41)28-30-44-33-37-46(38-34-44)48(49)50/h23-26,31-38H,3-22,39-40H2,1-2H3. The molecule has 0 amide bonds. The predicted octanol–water partition coefficient (Wildman–Crippen LogP) is 13.0. The molecule has 0 saturated heterocycles. The number of benzene rings is 3. The second kappa shape index (κ2) is 25.9. The monoisotopic (exact) mass is 674 g/mol. The van der Waals surface area contributed by atoms with Crippen molar-refractivity contribution in [3.05, 3.63) is 105 Å². The van der Waals surface area contributed by atoms with E-state index in [1.165, 1.54) is 146 Å². The number of unbranched alkanes of at least 4 members (excludes halogenated alkanes) is 18. The van der Waals surface area contributed by atoms with Gasteiger partial charge in [-0.2, -0.15) is 0 Å². The highest BCUT2D eigenvalue weighted by Crippen LogP contribution is 2.19. The van der Waals surface area contributed by atoms with E-state index < -0.39 is 4.92 Å². The number of anilines is 1. The van der Waals surface area contributed by atoms with Gasteiger partial charge in [0.15, 0.2) is 0 Å². The first kappa shape index (κ1) is 40.4. The molecule has 0 saturated carbocycles. The van der Waals surface area contributed by atoms with Crippen LogP contribution < -0.4 is 4.90 Å². The largest absolute Gasteiger partial charge is 0.372 e. The minimum absolute atomic E-state index is 0.0686. The Morgan fingerprint density at radius 1 is 0.440 bits per heavy atom. The summed E-state index contributed by atoms with van der Waals surface area (Å²) in [5.41, 5.74) is 4.97. The summed E-state index contributed by atoms with van der Waals surface area (Å²) in [6.45, 7) is 6.85. The van der Waals surface area contributed by atoms with Crippen molar-refractivity contribution in [3.8, 4) is 23.7 Å². The van der Waals surface area contributed by atoms with Crippen molar-refractivity contribution >= 4 is 11.4 Å². The Morgan fingerprint density at radius 3 is 1.04 bits per heavy atom. The number of hydrogen-bond acceptors (Lipinski definition) is 3. The summed E-state index contributed by atoms with van der Waals surface area (Å²) in [6.07, 6.45) is 27.4. The molecular weight excluding hydrogens is 613 g/mol. The van der Waals surface area contributed by atoms with Crippen molar-refractivity contribution < 1.29 is 4.92 Å². The molecule has 0 aromatic heterocycles. The van der Waals surface area contributed by atoms with Gasteiger partial charge in [0, 0.05) is 53.2 Å². The van der Waals surface area contributed by atoms with Crippen LogP contribution in [0.15, 0.2) is 72.8 Å². The zero-order valence-corrected chi connectivity index (χ0v) is 31.2. The van der Waals surface area contributed by atoms with Crippen molar-refractivity contribution in [1.82, 2.24) is 0 Å². The van der Waals surface area contributed by atoms with Gasteiger partial charge in [-0.1, -0.05) is 153 Å². The first-order chi connectivity index (χ1) is 24.6. The fourth-order valence-electron chi connectivity index (χ4n) is 6.30. The first-order valence-corrected chi connectivity index (χ1v) is 19.8. The Labute approximate surface area is 304 Å². The smallest absolute Gasteiger partial charge is 0.269 e. The average Bonchev–Trinajstić information content (AvgIpc) is 3.14. The van der Waals surface area contributed by atoms with E-state index in [2.05, 4.69) is 66.7 Å². The minimum Gasteiger partial charge on any atom is -0.372 e. The van der Waals surface area contributed by atoms with Gasteiger partial charge in [0.1, 0.15) is 0 Å². The molecule has 0 spiro atoms. The molecule has 0 fully saturated rings. The van der Waals surface area contributed by atoms with Gasteiger partial charge in [-0.3, -0.25) is 10.1 Å². The maximum atomic E-state index is 10.9. The van der Waals surface area contributed by atoms with E-state index in [4.69, 9.17) is 0 Å². The summed E-state index contributed by atoms with van der Waals surface area (Å²) in [5.74, 6) is 12.8. The maximum absolute atomic E-state index is 10.9. The molecule has 0 heterocycles.